The summed E-state index contributed by atoms with van der Waals surface area (Å²) in [5.41, 5.74) is 2.14. The number of aromatic nitrogens is 2. The van der Waals surface area contributed by atoms with Crippen molar-refractivity contribution in [3.8, 4) is 12.1 Å². The number of rotatable bonds is 4. The van der Waals surface area contributed by atoms with Gasteiger partial charge >= 0.3 is 0 Å². The lowest BCUT2D eigenvalue weighted by molar-refractivity contribution is -0.124. The fourth-order valence-corrected chi connectivity index (χ4v) is 1.56. The van der Waals surface area contributed by atoms with Gasteiger partial charge in [0.05, 0.1) is 6.33 Å². The van der Waals surface area contributed by atoms with Crippen LogP contribution in [0.25, 0.3) is 0 Å². The maximum atomic E-state index is 11.6. The molecule has 0 aliphatic carbocycles. The molecule has 1 amide bonds. The summed E-state index contributed by atoms with van der Waals surface area (Å²) in [4.78, 5) is 15.4. The predicted molar refractivity (Wildman–Crippen MR) is 57.9 cm³/mol. The molecule has 0 aliphatic rings. The zero-order chi connectivity index (χ0) is 12.8. The lowest BCUT2D eigenvalue weighted by Gasteiger charge is -2.16. The minimum Gasteiger partial charge on any atom is -0.309 e. The molecule has 0 bridgehead atoms. The van der Waals surface area contributed by atoms with Crippen LogP contribution in [0.15, 0.2) is 6.33 Å². The first-order valence-corrected chi connectivity index (χ1v) is 5.07. The second kappa shape index (κ2) is 5.64. The third-order valence-corrected chi connectivity index (χ3v) is 2.35. The van der Waals surface area contributed by atoms with Crippen molar-refractivity contribution in [2.24, 2.45) is 5.84 Å². The average molecular weight is 232 g/mol. The van der Waals surface area contributed by atoms with Crippen molar-refractivity contribution in [2.75, 3.05) is 0 Å². The number of hydrogen-bond donors (Lipinski definition) is 2. The van der Waals surface area contributed by atoms with Gasteiger partial charge in [0.1, 0.15) is 18.2 Å². The molecule has 7 heteroatoms. The summed E-state index contributed by atoms with van der Waals surface area (Å²) < 4.78 is 1.38. The molecule has 0 saturated heterocycles. The number of carbonyl (C=O) groups is 1. The Morgan fingerprint density at radius 2 is 2.35 bits per heavy atom. The second-order valence-corrected chi connectivity index (χ2v) is 3.39. The van der Waals surface area contributed by atoms with Crippen LogP contribution >= 0.6 is 0 Å². The summed E-state index contributed by atoms with van der Waals surface area (Å²) >= 11 is 0. The lowest BCUT2D eigenvalue weighted by Crippen LogP contribution is -2.37. The molecule has 1 aromatic heterocycles. The normalized spacial score (nSPS) is 11.3. The van der Waals surface area contributed by atoms with E-state index in [-0.39, 0.29) is 11.4 Å². The highest BCUT2D eigenvalue weighted by Crippen LogP contribution is 2.18. The first-order valence-electron chi connectivity index (χ1n) is 5.07. The molecule has 0 saturated carbocycles. The van der Waals surface area contributed by atoms with Crippen LogP contribution in [-0.2, 0) is 4.79 Å². The summed E-state index contributed by atoms with van der Waals surface area (Å²) in [6.45, 7) is 1.91. The van der Waals surface area contributed by atoms with E-state index in [9.17, 15) is 4.79 Å². The Labute approximate surface area is 98.4 Å². The molecule has 0 aliphatic heterocycles. The molecule has 1 rings (SSSR count). The minimum absolute atomic E-state index is 0.0124. The van der Waals surface area contributed by atoms with Crippen LogP contribution in [-0.4, -0.2) is 15.5 Å². The van der Waals surface area contributed by atoms with Crippen molar-refractivity contribution in [1.29, 1.82) is 10.5 Å². The number of nitrogens with two attached hydrogens (primary N) is 1. The number of carbonyl (C=O) groups excluding carboxylic acids is 1. The smallest absolute Gasteiger partial charge is 0.257 e. The molecule has 88 valence electrons. The van der Waals surface area contributed by atoms with Gasteiger partial charge in [0.2, 0.25) is 0 Å². The number of imidazole rings is 1. The van der Waals surface area contributed by atoms with Crippen molar-refractivity contribution in [2.45, 2.75) is 25.8 Å². The van der Waals surface area contributed by atoms with E-state index in [1.54, 1.807) is 6.07 Å². The van der Waals surface area contributed by atoms with E-state index in [2.05, 4.69) is 4.98 Å². The zero-order valence-corrected chi connectivity index (χ0v) is 9.34. The van der Waals surface area contributed by atoms with E-state index in [1.807, 2.05) is 18.4 Å². The van der Waals surface area contributed by atoms with Crippen LogP contribution in [0, 0.1) is 22.7 Å². The van der Waals surface area contributed by atoms with Crippen molar-refractivity contribution in [3.05, 3.63) is 17.7 Å². The van der Waals surface area contributed by atoms with Crippen LogP contribution in [0.4, 0.5) is 0 Å². The third kappa shape index (κ3) is 2.41. The molecule has 1 unspecified atom stereocenters. The molecule has 1 aromatic rings. The largest absolute Gasteiger partial charge is 0.309 e. The Balaban J connectivity index is 3.20. The van der Waals surface area contributed by atoms with Gasteiger partial charge in [-0.25, -0.2) is 10.8 Å². The molecule has 1 atom stereocenters. The lowest BCUT2D eigenvalue weighted by atomic mass is 10.1. The number of hydrogen-bond acceptors (Lipinski definition) is 5. The molecule has 0 fully saturated rings. The second-order valence-electron chi connectivity index (χ2n) is 3.39. The monoisotopic (exact) mass is 232 g/mol. The Hall–Kier alpha value is -2.38. The number of hydrazine groups is 1. The molecular formula is C10H12N6O. The van der Waals surface area contributed by atoms with Crippen LogP contribution < -0.4 is 11.3 Å². The molecule has 0 spiro atoms. The summed E-state index contributed by atoms with van der Waals surface area (Å²) in [6, 6.07) is 3.06. The number of nitriles is 2. The SMILES string of the molecule is CCCC(C(=O)NN)n1cnc(C#N)c1C#N. The van der Waals surface area contributed by atoms with Gasteiger partial charge in [0, 0.05) is 0 Å². The average Bonchev–Trinajstić information content (AvgIpc) is 2.77. The standard InChI is InChI=1S/C10H12N6O/c1-2-3-8(10(17)15-13)16-6-14-7(4-11)9(16)5-12/h6,8H,2-3,13H2,1H3,(H,15,17). The van der Waals surface area contributed by atoms with Crippen LogP contribution in [0.5, 0.6) is 0 Å². The predicted octanol–water partition coefficient (Wildman–Crippen LogP) is -0.0424. The van der Waals surface area contributed by atoms with E-state index in [4.69, 9.17) is 16.4 Å². The first kappa shape index (κ1) is 12.7. The number of nitrogens with zero attached hydrogens (tertiary/aromatic N) is 4. The molecule has 3 N–H and O–H groups in total. The number of amides is 1. The topological polar surface area (TPSA) is 121 Å². The Bertz CT molecular complexity index is 492. The molecule has 17 heavy (non-hydrogen) atoms. The zero-order valence-electron chi connectivity index (χ0n) is 9.34. The quantitative estimate of drug-likeness (QED) is 0.428. The van der Waals surface area contributed by atoms with Gasteiger partial charge in [-0.3, -0.25) is 10.2 Å². The van der Waals surface area contributed by atoms with Gasteiger partial charge in [-0.2, -0.15) is 10.5 Å². The van der Waals surface area contributed by atoms with Gasteiger partial charge < -0.3 is 4.57 Å². The molecule has 1 heterocycles. The van der Waals surface area contributed by atoms with E-state index < -0.39 is 11.9 Å². The van der Waals surface area contributed by atoms with Crippen LogP contribution in [0.3, 0.4) is 0 Å². The summed E-state index contributed by atoms with van der Waals surface area (Å²) in [5.74, 6) is 4.68. The summed E-state index contributed by atoms with van der Waals surface area (Å²) in [7, 11) is 0. The van der Waals surface area contributed by atoms with E-state index in [1.165, 1.54) is 10.9 Å². The number of nitrogens with one attached hydrogen (secondary N) is 1. The van der Waals surface area contributed by atoms with Gasteiger partial charge in [-0.1, -0.05) is 13.3 Å². The highest BCUT2D eigenvalue weighted by Gasteiger charge is 2.23. The van der Waals surface area contributed by atoms with Gasteiger partial charge in [-0.15, -0.1) is 0 Å². The fourth-order valence-electron chi connectivity index (χ4n) is 1.56. The maximum absolute atomic E-state index is 11.6. The van der Waals surface area contributed by atoms with Crippen molar-refractivity contribution in [3.63, 3.8) is 0 Å². The first-order chi connectivity index (χ1) is 8.19. The van der Waals surface area contributed by atoms with Gasteiger partial charge in [0.25, 0.3) is 5.91 Å². The summed E-state index contributed by atoms with van der Waals surface area (Å²) in [6.07, 6.45) is 2.56. The van der Waals surface area contributed by atoms with E-state index >= 15 is 0 Å². The van der Waals surface area contributed by atoms with Gasteiger partial charge in [-0.05, 0) is 6.42 Å². The van der Waals surface area contributed by atoms with E-state index in [0.717, 1.165) is 6.42 Å². The van der Waals surface area contributed by atoms with Gasteiger partial charge in [0.15, 0.2) is 11.4 Å². The van der Waals surface area contributed by atoms with Crippen molar-refractivity contribution >= 4 is 5.91 Å². The third-order valence-electron chi connectivity index (χ3n) is 2.35. The van der Waals surface area contributed by atoms with Crippen molar-refractivity contribution in [1.82, 2.24) is 15.0 Å². The maximum Gasteiger partial charge on any atom is 0.257 e. The molecule has 0 radical (unpaired) electrons. The van der Waals surface area contributed by atoms with Crippen LogP contribution in [0.2, 0.25) is 0 Å². The minimum atomic E-state index is -0.616. The Morgan fingerprint density at radius 3 is 2.82 bits per heavy atom. The van der Waals surface area contributed by atoms with E-state index in [0.29, 0.717) is 6.42 Å². The molecule has 0 aromatic carbocycles. The Morgan fingerprint density at radius 1 is 1.65 bits per heavy atom. The summed E-state index contributed by atoms with van der Waals surface area (Å²) in [5, 5.41) is 17.7. The highest BCUT2D eigenvalue weighted by molar-refractivity contribution is 5.79. The van der Waals surface area contributed by atoms with Crippen molar-refractivity contribution < 1.29 is 4.79 Å². The van der Waals surface area contributed by atoms with Crippen LogP contribution in [0.1, 0.15) is 37.2 Å². The molecule has 7 nitrogen and oxygen atoms in total. The highest BCUT2D eigenvalue weighted by atomic mass is 16.2. The molecular weight excluding hydrogens is 220 g/mol. The fraction of sp³-hybridized carbons (Fsp3) is 0.400. The Kier molecular flexibility index (Phi) is 4.21.